The van der Waals surface area contributed by atoms with E-state index in [0.29, 0.717) is 11.7 Å². The Kier molecular flexibility index (Phi) is 4.92. The summed E-state index contributed by atoms with van der Waals surface area (Å²) in [4.78, 5) is 12.4. The summed E-state index contributed by atoms with van der Waals surface area (Å²) in [6.45, 7) is 5.93. The van der Waals surface area contributed by atoms with E-state index >= 15 is 0 Å². The molecule has 0 fully saturated rings. The third-order valence-corrected chi connectivity index (χ3v) is 2.70. The number of aryl methyl sites for hydroxylation is 1. The van der Waals surface area contributed by atoms with Crippen LogP contribution in [0.4, 0.5) is 5.95 Å². The molecule has 0 amide bonds. The zero-order valence-electron chi connectivity index (χ0n) is 12.8. The molecule has 6 heteroatoms. The summed E-state index contributed by atoms with van der Waals surface area (Å²) in [5.41, 5.74) is 1.25. The molecule has 0 atom stereocenters. The van der Waals surface area contributed by atoms with Crippen LogP contribution < -0.4 is 14.8 Å². The van der Waals surface area contributed by atoms with Crippen molar-refractivity contribution in [3.05, 3.63) is 29.8 Å². The first-order chi connectivity index (χ1) is 10.1. The summed E-state index contributed by atoms with van der Waals surface area (Å²) in [5, 5.41) is 2.86. The number of hydrogen-bond acceptors (Lipinski definition) is 6. The van der Waals surface area contributed by atoms with Gasteiger partial charge < -0.3 is 14.8 Å². The maximum atomic E-state index is 5.66. The second-order valence-electron chi connectivity index (χ2n) is 4.74. The van der Waals surface area contributed by atoms with Crippen molar-refractivity contribution in [2.45, 2.75) is 33.3 Å². The Labute approximate surface area is 124 Å². The van der Waals surface area contributed by atoms with Gasteiger partial charge in [-0.3, -0.25) is 0 Å². The van der Waals surface area contributed by atoms with Crippen molar-refractivity contribution in [1.29, 1.82) is 0 Å². The van der Waals surface area contributed by atoms with Crippen LogP contribution in [0, 0.1) is 0 Å². The van der Waals surface area contributed by atoms with Gasteiger partial charge in [-0.2, -0.15) is 9.97 Å². The van der Waals surface area contributed by atoms with Gasteiger partial charge in [-0.05, 0) is 38.0 Å². The maximum Gasteiger partial charge on any atom is 0.330 e. The van der Waals surface area contributed by atoms with Crippen LogP contribution in [-0.4, -0.2) is 28.1 Å². The molecule has 112 valence electrons. The van der Waals surface area contributed by atoms with Crippen molar-refractivity contribution >= 4 is 5.95 Å². The van der Waals surface area contributed by atoms with Gasteiger partial charge in [-0.15, -0.1) is 4.98 Å². The largest absolute Gasteiger partial charge is 0.461 e. The van der Waals surface area contributed by atoms with E-state index in [9.17, 15) is 0 Å². The summed E-state index contributed by atoms with van der Waals surface area (Å²) in [7, 11) is 1.73. The van der Waals surface area contributed by atoms with E-state index in [2.05, 4.69) is 27.2 Å². The molecular formula is C15H20N4O2. The molecule has 1 N–H and O–H groups in total. The summed E-state index contributed by atoms with van der Waals surface area (Å²) in [6.07, 6.45) is 0.969. The van der Waals surface area contributed by atoms with Crippen LogP contribution in [0.5, 0.6) is 17.8 Å². The molecule has 0 saturated heterocycles. The van der Waals surface area contributed by atoms with Crippen LogP contribution in [0.15, 0.2) is 24.3 Å². The molecule has 0 spiro atoms. The van der Waals surface area contributed by atoms with Crippen LogP contribution >= 0.6 is 0 Å². The lowest BCUT2D eigenvalue weighted by molar-refractivity contribution is 0.218. The van der Waals surface area contributed by atoms with Crippen LogP contribution in [0.2, 0.25) is 0 Å². The number of anilines is 1. The SMILES string of the molecule is CCc1ccc(Oc2nc(NC)nc(OC(C)C)n2)cc1. The molecule has 0 saturated carbocycles. The van der Waals surface area contributed by atoms with Gasteiger partial charge in [0, 0.05) is 7.05 Å². The Morgan fingerprint density at radius 2 is 1.71 bits per heavy atom. The number of ether oxygens (including phenoxy) is 2. The van der Waals surface area contributed by atoms with Crippen LogP contribution in [0.1, 0.15) is 26.3 Å². The number of nitrogens with zero attached hydrogens (tertiary/aromatic N) is 3. The van der Waals surface area contributed by atoms with Gasteiger partial charge in [0.25, 0.3) is 0 Å². The molecular weight excluding hydrogens is 268 g/mol. The van der Waals surface area contributed by atoms with Gasteiger partial charge in [0.15, 0.2) is 0 Å². The highest BCUT2D eigenvalue weighted by molar-refractivity contribution is 5.31. The van der Waals surface area contributed by atoms with Crippen molar-refractivity contribution < 1.29 is 9.47 Å². The molecule has 0 aliphatic heterocycles. The molecule has 1 heterocycles. The highest BCUT2D eigenvalue weighted by Crippen LogP contribution is 2.21. The molecule has 2 rings (SSSR count). The van der Waals surface area contributed by atoms with Gasteiger partial charge in [-0.25, -0.2) is 0 Å². The fraction of sp³-hybridized carbons (Fsp3) is 0.400. The fourth-order valence-electron chi connectivity index (χ4n) is 1.66. The van der Waals surface area contributed by atoms with E-state index in [1.807, 2.05) is 38.1 Å². The summed E-state index contributed by atoms with van der Waals surface area (Å²) in [5.74, 6) is 1.08. The minimum Gasteiger partial charge on any atom is -0.461 e. The second-order valence-corrected chi connectivity index (χ2v) is 4.74. The monoisotopic (exact) mass is 288 g/mol. The van der Waals surface area contributed by atoms with Crippen molar-refractivity contribution in [3.63, 3.8) is 0 Å². The summed E-state index contributed by atoms with van der Waals surface area (Å²) < 4.78 is 11.1. The first-order valence-electron chi connectivity index (χ1n) is 6.98. The van der Waals surface area contributed by atoms with Crippen molar-refractivity contribution in [3.8, 4) is 17.8 Å². The minimum absolute atomic E-state index is 0.0196. The van der Waals surface area contributed by atoms with Crippen molar-refractivity contribution in [2.24, 2.45) is 0 Å². The van der Waals surface area contributed by atoms with E-state index in [1.54, 1.807) is 7.05 Å². The molecule has 0 bridgehead atoms. The average Bonchev–Trinajstić information content (AvgIpc) is 2.47. The van der Waals surface area contributed by atoms with Crippen LogP contribution in [0.3, 0.4) is 0 Å². The lowest BCUT2D eigenvalue weighted by Crippen LogP contribution is -2.11. The third kappa shape index (κ3) is 4.30. The average molecular weight is 288 g/mol. The zero-order chi connectivity index (χ0) is 15.2. The van der Waals surface area contributed by atoms with Crippen LogP contribution in [-0.2, 0) is 6.42 Å². The predicted octanol–water partition coefficient (Wildman–Crippen LogP) is 3.06. The third-order valence-electron chi connectivity index (χ3n) is 2.70. The lowest BCUT2D eigenvalue weighted by atomic mass is 10.2. The maximum absolute atomic E-state index is 5.66. The number of aromatic nitrogens is 3. The molecule has 1 aromatic heterocycles. The quantitative estimate of drug-likeness (QED) is 0.881. The van der Waals surface area contributed by atoms with E-state index < -0.39 is 0 Å². The van der Waals surface area contributed by atoms with Crippen molar-refractivity contribution in [1.82, 2.24) is 15.0 Å². The minimum atomic E-state index is -0.0196. The molecule has 0 unspecified atom stereocenters. The topological polar surface area (TPSA) is 69.2 Å². The first-order valence-corrected chi connectivity index (χ1v) is 6.98. The highest BCUT2D eigenvalue weighted by atomic mass is 16.5. The Morgan fingerprint density at radius 1 is 1.05 bits per heavy atom. The zero-order valence-corrected chi connectivity index (χ0v) is 12.8. The van der Waals surface area contributed by atoms with E-state index in [-0.39, 0.29) is 18.1 Å². The second kappa shape index (κ2) is 6.88. The molecule has 21 heavy (non-hydrogen) atoms. The molecule has 0 aliphatic rings. The number of nitrogens with one attached hydrogen (secondary N) is 1. The summed E-state index contributed by atoms with van der Waals surface area (Å²) in [6, 6.07) is 8.26. The number of hydrogen-bond donors (Lipinski definition) is 1. The summed E-state index contributed by atoms with van der Waals surface area (Å²) >= 11 is 0. The van der Waals surface area contributed by atoms with Gasteiger partial charge in [0.05, 0.1) is 6.10 Å². The lowest BCUT2D eigenvalue weighted by Gasteiger charge is -2.10. The number of rotatable bonds is 6. The Morgan fingerprint density at radius 3 is 2.29 bits per heavy atom. The molecule has 2 aromatic rings. The highest BCUT2D eigenvalue weighted by Gasteiger charge is 2.10. The standard InChI is InChI=1S/C15H20N4O2/c1-5-11-6-8-12(9-7-11)21-15-18-13(16-4)17-14(19-15)20-10(2)3/h6-10H,5H2,1-4H3,(H,16,17,18,19). The normalized spacial score (nSPS) is 10.5. The Bertz CT molecular complexity index is 585. The number of benzene rings is 1. The molecule has 6 nitrogen and oxygen atoms in total. The fourth-order valence-corrected chi connectivity index (χ4v) is 1.66. The van der Waals surface area contributed by atoms with E-state index in [1.165, 1.54) is 5.56 Å². The van der Waals surface area contributed by atoms with Gasteiger partial charge in [0.1, 0.15) is 5.75 Å². The van der Waals surface area contributed by atoms with Gasteiger partial charge >= 0.3 is 12.0 Å². The smallest absolute Gasteiger partial charge is 0.330 e. The van der Waals surface area contributed by atoms with Gasteiger partial charge in [0.2, 0.25) is 5.95 Å². The molecule has 0 aliphatic carbocycles. The molecule has 1 aromatic carbocycles. The van der Waals surface area contributed by atoms with Crippen molar-refractivity contribution in [2.75, 3.05) is 12.4 Å². The predicted molar refractivity (Wildman–Crippen MR) is 81.0 cm³/mol. The Balaban J connectivity index is 2.20. The van der Waals surface area contributed by atoms with E-state index in [0.717, 1.165) is 6.42 Å². The van der Waals surface area contributed by atoms with Gasteiger partial charge in [-0.1, -0.05) is 19.1 Å². The van der Waals surface area contributed by atoms with E-state index in [4.69, 9.17) is 9.47 Å². The molecule has 0 radical (unpaired) electrons. The Hall–Kier alpha value is -2.37. The van der Waals surface area contributed by atoms with Crippen LogP contribution in [0.25, 0.3) is 0 Å². The first kappa shape index (κ1) is 15.0.